The van der Waals surface area contributed by atoms with Crippen molar-refractivity contribution in [3.63, 3.8) is 0 Å². The molecule has 11 heteroatoms. The van der Waals surface area contributed by atoms with Gasteiger partial charge in [0.25, 0.3) is 0 Å². The molecule has 46 heavy (non-hydrogen) atoms. The van der Waals surface area contributed by atoms with Crippen LogP contribution in [0.3, 0.4) is 0 Å². The summed E-state index contributed by atoms with van der Waals surface area (Å²) in [5.41, 5.74) is 1.73. The molecule has 2 heterocycles. The molecule has 2 aromatic carbocycles. The van der Waals surface area contributed by atoms with Gasteiger partial charge in [-0.05, 0) is 41.7 Å². The van der Waals surface area contributed by atoms with Crippen molar-refractivity contribution in [3.05, 3.63) is 76.8 Å². The van der Waals surface area contributed by atoms with Crippen LogP contribution in [-0.2, 0) is 39.8 Å². The van der Waals surface area contributed by atoms with Gasteiger partial charge in [-0.15, -0.1) is 0 Å². The van der Waals surface area contributed by atoms with Crippen molar-refractivity contribution >= 4 is 35.4 Å². The van der Waals surface area contributed by atoms with E-state index in [1.54, 1.807) is 31.2 Å². The average Bonchev–Trinajstić information content (AvgIpc) is 3.83. The molecule has 0 radical (unpaired) electrons. The first-order valence-electron chi connectivity index (χ1n) is 15.6. The van der Waals surface area contributed by atoms with E-state index < -0.39 is 47.9 Å². The Morgan fingerprint density at radius 2 is 1.74 bits per heavy atom. The first-order valence-corrected chi connectivity index (χ1v) is 16.0. The number of cyclic esters (lactones) is 2. The highest BCUT2D eigenvalue weighted by atomic mass is 35.5. The van der Waals surface area contributed by atoms with Gasteiger partial charge in [0.1, 0.15) is 24.0 Å². The molecule has 4 rings (SSSR count). The number of benzene rings is 2. The number of rotatable bonds is 8. The summed E-state index contributed by atoms with van der Waals surface area (Å²) in [6.45, 7) is 7.31. The topological polar surface area (TPSA) is 133 Å². The lowest BCUT2D eigenvalue weighted by Gasteiger charge is -2.27. The number of esters is 2. The molecule has 1 fully saturated rings. The van der Waals surface area contributed by atoms with Crippen LogP contribution in [0.1, 0.15) is 57.8 Å². The van der Waals surface area contributed by atoms with E-state index in [-0.39, 0.29) is 49.9 Å². The van der Waals surface area contributed by atoms with Crippen molar-refractivity contribution in [2.45, 2.75) is 77.4 Å². The molecular formula is C35H43ClN2O8. The smallest absolute Gasteiger partial charge is 0.347 e. The predicted octanol–water partition coefficient (Wildman–Crippen LogP) is 4.73. The summed E-state index contributed by atoms with van der Waals surface area (Å²) < 4.78 is 22.9. The van der Waals surface area contributed by atoms with Crippen LogP contribution in [0.25, 0.3) is 0 Å². The lowest BCUT2D eigenvalue weighted by atomic mass is 9.93. The molecule has 0 spiro atoms. The van der Waals surface area contributed by atoms with E-state index in [9.17, 15) is 19.2 Å². The predicted molar refractivity (Wildman–Crippen MR) is 172 cm³/mol. The number of hydrogen-bond donors (Lipinski definition) is 2. The van der Waals surface area contributed by atoms with E-state index >= 15 is 0 Å². The highest BCUT2D eigenvalue weighted by Gasteiger charge is 2.47. The number of ether oxygens (including phenoxy) is 4. The number of methoxy groups -OCH3 is 1. The molecule has 0 saturated carbocycles. The molecule has 7 atom stereocenters. The fourth-order valence-electron chi connectivity index (χ4n) is 5.39. The third kappa shape index (κ3) is 9.56. The van der Waals surface area contributed by atoms with Crippen molar-refractivity contribution in [2.24, 2.45) is 17.8 Å². The number of hydrogen-bond acceptors (Lipinski definition) is 8. The Hall–Kier alpha value is -3.89. The summed E-state index contributed by atoms with van der Waals surface area (Å²) >= 11 is 6.30. The maximum atomic E-state index is 13.5. The zero-order valence-electron chi connectivity index (χ0n) is 26.9. The monoisotopic (exact) mass is 654 g/mol. The number of halogens is 1. The Labute approximate surface area is 275 Å². The van der Waals surface area contributed by atoms with Crippen LogP contribution in [0, 0.1) is 17.8 Å². The second-order valence-electron chi connectivity index (χ2n) is 12.3. The normalized spacial score (nSPS) is 27.5. The molecule has 0 bridgehead atoms. The van der Waals surface area contributed by atoms with E-state index in [0.717, 1.165) is 5.56 Å². The van der Waals surface area contributed by atoms with Crippen LogP contribution in [0.15, 0.2) is 60.7 Å². The molecule has 2 N–H and O–H groups in total. The Morgan fingerprint density at radius 1 is 1.00 bits per heavy atom. The number of amides is 2. The highest BCUT2D eigenvalue weighted by molar-refractivity contribution is 6.32. The van der Waals surface area contributed by atoms with Gasteiger partial charge in [0.05, 0.1) is 24.2 Å². The number of nitrogens with one attached hydrogen (secondary N) is 2. The van der Waals surface area contributed by atoms with E-state index in [4.69, 9.17) is 30.5 Å². The van der Waals surface area contributed by atoms with E-state index in [2.05, 4.69) is 10.6 Å². The number of carbonyl (C=O) groups is 4. The Balaban J connectivity index is 1.58. The van der Waals surface area contributed by atoms with Gasteiger partial charge in [-0.3, -0.25) is 14.4 Å². The Kier molecular flexibility index (Phi) is 12.2. The van der Waals surface area contributed by atoms with E-state index in [1.165, 1.54) is 13.2 Å². The minimum absolute atomic E-state index is 0.0341. The molecule has 10 nitrogen and oxygen atoms in total. The summed E-state index contributed by atoms with van der Waals surface area (Å²) in [4.78, 5) is 52.9. The summed E-state index contributed by atoms with van der Waals surface area (Å²) in [6, 6.07) is 13.9. The molecule has 2 aliphatic rings. The molecule has 0 aromatic heterocycles. The third-order valence-electron chi connectivity index (χ3n) is 8.14. The molecule has 2 amide bonds. The van der Waals surface area contributed by atoms with Gasteiger partial charge in [0.2, 0.25) is 11.8 Å². The minimum atomic E-state index is -1.13. The van der Waals surface area contributed by atoms with Crippen LogP contribution < -0.4 is 15.4 Å². The van der Waals surface area contributed by atoms with Gasteiger partial charge in [0, 0.05) is 25.3 Å². The van der Waals surface area contributed by atoms with Gasteiger partial charge in [-0.25, -0.2) is 4.79 Å². The molecule has 2 aromatic rings. The zero-order valence-corrected chi connectivity index (χ0v) is 27.6. The first-order chi connectivity index (χ1) is 22.0. The highest BCUT2D eigenvalue weighted by Crippen LogP contribution is 2.45. The minimum Gasteiger partial charge on any atom is -0.495 e. The van der Waals surface area contributed by atoms with Crippen molar-refractivity contribution in [1.82, 2.24) is 10.6 Å². The molecule has 248 valence electrons. The largest absolute Gasteiger partial charge is 0.495 e. The summed E-state index contributed by atoms with van der Waals surface area (Å²) in [7, 11) is 1.51. The molecule has 0 aliphatic carbocycles. The SMILES string of the molecule is COc1ccc(C[C@H]2NC(=O)/C=C/CC([C@H](C)[C@@H]3O[C@H]3c3ccccc3)OC(=O)[C@H](CC(C)C)OC(=O)[C@H](C)CNC2=O)cc1Cl. The molecule has 1 saturated heterocycles. The fourth-order valence-corrected chi connectivity index (χ4v) is 5.67. The van der Waals surface area contributed by atoms with Crippen molar-refractivity contribution < 1.29 is 38.1 Å². The van der Waals surface area contributed by atoms with Crippen LogP contribution in [0.4, 0.5) is 0 Å². The molecule has 1 unspecified atom stereocenters. The van der Waals surface area contributed by atoms with Crippen LogP contribution >= 0.6 is 11.6 Å². The summed E-state index contributed by atoms with van der Waals surface area (Å²) in [5.74, 6) is -2.78. The van der Waals surface area contributed by atoms with E-state index in [0.29, 0.717) is 16.3 Å². The van der Waals surface area contributed by atoms with Crippen molar-refractivity contribution in [3.8, 4) is 5.75 Å². The second kappa shape index (κ2) is 16.1. The lowest BCUT2D eigenvalue weighted by Crippen LogP contribution is -2.49. The van der Waals surface area contributed by atoms with Gasteiger partial charge in [-0.2, -0.15) is 0 Å². The third-order valence-corrected chi connectivity index (χ3v) is 8.44. The lowest BCUT2D eigenvalue weighted by molar-refractivity contribution is -0.176. The maximum Gasteiger partial charge on any atom is 0.347 e. The van der Waals surface area contributed by atoms with Gasteiger partial charge < -0.3 is 29.6 Å². The Bertz CT molecular complexity index is 1410. The van der Waals surface area contributed by atoms with Gasteiger partial charge in [0.15, 0.2) is 6.10 Å². The number of carbonyl (C=O) groups excluding carboxylic acids is 4. The quantitative estimate of drug-likeness (QED) is 0.308. The second-order valence-corrected chi connectivity index (χ2v) is 12.7. The first kappa shape index (κ1) is 35.0. The van der Waals surface area contributed by atoms with Gasteiger partial charge >= 0.3 is 11.9 Å². The zero-order chi connectivity index (χ0) is 33.4. The fraction of sp³-hybridized carbons (Fsp3) is 0.486. The van der Waals surface area contributed by atoms with Crippen molar-refractivity contribution in [2.75, 3.05) is 13.7 Å². The van der Waals surface area contributed by atoms with Crippen LogP contribution in [0.2, 0.25) is 5.02 Å². The molecular weight excluding hydrogens is 612 g/mol. The van der Waals surface area contributed by atoms with E-state index in [1.807, 2.05) is 51.1 Å². The molecule has 2 aliphatic heterocycles. The summed E-state index contributed by atoms with van der Waals surface area (Å²) in [5, 5.41) is 5.86. The average molecular weight is 655 g/mol. The number of epoxide rings is 1. The Morgan fingerprint density at radius 3 is 2.41 bits per heavy atom. The van der Waals surface area contributed by atoms with Crippen LogP contribution in [-0.4, -0.2) is 61.8 Å². The van der Waals surface area contributed by atoms with Crippen molar-refractivity contribution in [1.29, 1.82) is 0 Å². The van der Waals surface area contributed by atoms with Gasteiger partial charge in [-0.1, -0.05) is 81.8 Å². The summed E-state index contributed by atoms with van der Waals surface area (Å²) in [6.07, 6.45) is 1.40. The maximum absolute atomic E-state index is 13.5. The van der Waals surface area contributed by atoms with Crippen LogP contribution in [0.5, 0.6) is 5.75 Å². The standard InChI is InChI=1S/C35H43ClN2O8/c1-20(2)16-29-35(42)44-27(22(4)31-32(46-31)24-10-7-6-8-11-24)12-9-13-30(39)38-26(33(40)37-19-21(3)34(41)45-29)18-23-14-15-28(43-5)25(36)17-23/h6-11,13-15,17,20-22,26-27,29,31-32H,12,16,18-19H2,1-5H3,(H,37,40)(H,38,39)/b13-9+/t21-,22+,26-,27?,29+,31+,32+/m1/s1.